The maximum absolute atomic E-state index is 12.7. The number of alkyl halides is 2. The van der Waals surface area contributed by atoms with Crippen LogP contribution in [0.15, 0.2) is 0 Å². The fourth-order valence-corrected chi connectivity index (χ4v) is 1.10. The van der Waals surface area contributed by atoms with E-state index in [1.807, 2.05) is 0 Å². The summed E-state index contributed by atoms with van der Waals surface area (Å²) in [6, 6.07) is 0. The first-order valence-corrected chi connectivity index (χ1v) is 4.82. The number of carbonyl (C=O) groups is 1. The highest BCUT2D eigenvalue weighted by atomic mass is 32.2. The Labute approximate surface area is 74.7 Å². The third-order valence-electron chi connectivity index (χ3n) is 1.06. The van der Waals surface area contributed by atoms with Crippen molar-refractivity contribution < 1.29 is 18.3 Å². The molecular formula is C7H12F2O2S. The topological polar surface area (TPSA) is 26.3 Å². The highest BCUT2D eigenvalue weighted by Crippen LogP contribution is 2.21. The summed E-state index contributed by atoms with van der Waals surface area (Å²) in [7, 11) is 0. The van der Waals surface area contributed by atoms with Gasteiger partial charge in [0.05, 0.1) is 12.4 Å². The average Bonchev–Trinajstić information content (AvgIpc) is 2.01. The third kappa shape index (κ3) is 3.90. The van der Waals surface area contributed by atoms with E-state index in [4.69, 9.17) is 0 Å². The van der Waals surface area contributed by atoms with E-state index in [1.165, 1.54) is 6.92 Å². The fourth-order valence-electron chi connectivity index (χ4n) is 0.526. The van der Waals surface area contributed by atoms with E-state index in [0.717, 1.165) is 11.8 Å². The number of hydrogen-bond acceptors (Lipinski definition) is 3. The van der Waals surface area contributed by atoms with Gasteiger partial charge in [0, 0.05) is 0 Å². The van der Waals surface area contributed by atoms with Crippen molar-refractivity contribution in [2.24, 2.45) is 0 Å². The summed E-state index contributed by atoms with van der Waals surface area (Å²) in [5.41, 5.74) is 0. The number of esters is 1. The monoisotopic (exact) mass is 198 g/mol. The van der Waals surface area contributed by atoms with E-state index in [9.17, 15) is 13.6 Å². The second-order valence-electron chi connectivity index (χ2n) is 2.06. The smallest absolute Gasteiger partial charge is 0.377 e. The van der Waals surface area contributed by atoms with Crippen LogP contribution in [0.4, 0.5) is 8.78 Å². The molecule has 0 rings (SSSR count). The first kappa shape index (κ1) is 11.7. The molecule has 0 aromatic carbocycles. The van der Waals surface area contributed by atoms with Gasteiger partial charge in [0.1, 0.15) is 0 Å². The van der Waals surface area contributed by atoms with Gasteiger partial charge in [-0.25, -0.2) is 4.79 Å². The second-order valence-corrected chi connectivity index (χ2v) is 3.34. The number of halogens is 2. The van der Waals surface area contributed by atoms with E-state index in [0.29, 0.717) is 5.75 Å². The summed E-state index contributed by atoms with van der Waals surface area (Å²) >= 11 is 1.02. The van der Waals surface area contributed by atoms with Crippen molar-refractivity contribution in [3.8, 4) is 0 Å². The van der Waals surface area contributed by atoms with E-state index in [-0.39, 0.29) is 6.61 Å². The van der Waals surface area contributed by atoms with Gasteiger partial charge in [0.25, 0.3) is 0 Å². The Morgan fingerprint density at radius 2 is 2.08 bits per heavy atom. The van der Waals surface area contributed by atoms with E-state index in [2.05, 4.69) is 4.74 Å². The summed E-state index contributed by atoms with van der Waals surface area (Å²) in [5, 5.41) is 0. The quantitative estimate of drug-likeness (QED) is 0.631. The van der Waals surface area contributed by atoms with Crippen LogP contribution in [-0.2, 0) is 9.53 Å². The molecule has 0 spiro atoms. The Morgan fingerprint density at radius 1 is 1.50 bits per heavy atom. The number of hydrogen-bond donors (Lipinski definition) is 0. The Hall–Kier alpha value is -0.320. The summed E-state index contributed by atoms with van der Waals surface area (Å²) in [6.45, 7) is 3.25. The van der Waals surface area contributed by atoms with Crippen LogP contribution < -0.4 is 0 Å². The van der Waals surface area contributed by atoms with Crippen LogP contribution in [0.3, 0.4) is 0 Å². The lowest BCUT2D eigenvalue weighted by atomic mass is 10.4. The number of ether oxygens (including phenoxy) is 1. The van der Waals surface area contributed by atoms with Crippen LogP contribution in [0, 0.1) is 0 Å². The van der Waals surface area contributed by atoms with Crippen molar-refractivity contribution in [2.75, 3.05) is 18.1 Å². The zero-order valence-electron chi connectivity index (χ0n) is 7.10. The minimum absolute atomic E-state index is 0.00872. The van der Waals surface area contributed by atoms with Crippen LogP contribution in [0.1, 0.15) is 13.8 Å². The lowest BCUT2D eigenvalue weighted by Gasteiger charge is -2.12. The third-order valence-corrected chi connectivity index (χ3v) is 2.04. The second kappa shape index (κ2) is 5.35. The number of carbonyl (C=O) groups excluding carboxylic acids is 1. The van der Waals surface area contributed by atoms with Gasteiger partial charge in [-0.3, -0.25) is 0 Å². The zero-order valence-corrected chi connectivity index (χ0v) is 7.92. The molecule has 0 fully saturated rings. The van der Waals surface area contributed by atoms with Crippen molar-refractivity contribution in [3.05, 3.63) is 0 Å². The summed E-state index contributed by atoms with van der Waals surface area (Å²) < 4.78 is 29.6. The van der Waals surface area contributed by atoms with E-state index >= 15 is 0 Å². The highest BCUT2D eigenvalue weighted by molar-refractivity contribution is 7.99. The van der Waals surface area contributed by atoms with Gasteiger partial charge in [-0.15, -0.1) is 0 Å². The molecule has 0 saturated heterocycles. The molecule has 0 amide bonds. The van der Waals surface area contributed by atoms with Crippen molar-refractivity contribution in [2.45, 2.75) is 19.8 Å². The van der Waals surface area contributed by atoms with Crippen molar-refractivity contribution in [1.29, 1.82) is 0 Å². The van der Waals surface area contributed by atoms with Gasteiger partial charge in [-0.1, -0.05) is 6.92 Å². The van der Waals surface area contributed by atoms with E-state index in [1.54, 1.807) is 6.92 Å². The summed E-state index contributed by atoms with van der Waals surface area (Å²) in [5.74, 6) is -4.69. The molecule has 0 unspecified atom stereocenters. The molecule has 0 N–H and O–H groups in total. The first-order chi connectivity index (χ1) is 5.54. The molecule has 5 heteroatoms. The van der Waals surface area contributed by atoms with Crippen LogP contribution in [0.25, 0.3) is 0 Å². The molecule has 0 atom stereocenters. The van der Waals surface area contributed by atoms with E-state index < -0.39 is 17.6 Å². The molecule has 72 valence electrons. The molecule has 12 heavy (non-hydrogen) atoms. The molecular weight excluding hydrogens is 186 g/mol. The number of rotatable bonds is 5. The maximum atomic E-state index is 12.7. The SMILES string of the molecule is CCOC(=O)C(F)(F)CSCC. The van der Waals surface area contributed by atoms with Gasteiger partial charge >= 0.3 is 11.9 Å². The summed E-state index contributed by atoms with van der Waals surface area (Å²) in [4.78, 5) is 10.6. The lowest BCUT2D eigenvalue weighted by molar-refractivity contribution is -0.167. The van der Waals surface area contributed by atoms with Gasteiger partial charge in [-0.05, 0) is 12.7 Å². The predicted molar refractivity (Wildman–Crippen MR) is 44.6 cm³/mol. The standard InChI is InChI=1S/C7H12F2O2S/c1-3-11-6(10)7(8,9)5-12-4-2/h3-5H2,1-2H3. The van der Waals surface area contributed by atoms with Crippen molar-refractivity contribution >= 4 is 17.7 Å². The predicted octanol–water partition coefficient (Wildman–Crippen LogP) is 1.94. The van der Waals surface area contributed by atoms with Gasteiger partial charge in [-0.2, -0.15) is 20.5 Å². The van der Waals surface area contributed by atoms with Crippen molar-refractivity contribution in [3.63, 3.8) is 0 Å². The molecule has 0 aromatic rings. The first-order valence-electron chi connectivity index (χ1n) is 3.67. The molecule has 0 heterocycles. The Balaban J connectivity index is 3.90. The minimum atomic E-state index is -3.34. The molecule has 0 aliphatic rings. The van der Waals surface area contributed by atoms with Crippen molar-refractivity contribution in [1.82, 2.24) is 0 Å². The van der Waals surface area contributed by atoms with Crippen LogP contribution >= 0.6 is 11.8 Å². The van der Waals surface area contributed by atoms with Gasteiger partial charge < -0.3 is 4.74 Å². The average molecular weight is 198 g/mol. The van der Waals surface area contributed by atoms with Gasteiger partial charge in [0.15, 0.2) is 0 Å². The van der Waals surface area contributed by atoms with Crippen LogP contribution in [0.2, 0.25) is 0 Å². The molecule has 2 nitrogen and oxygen atoms in total. The van der Waals surface area contributed by atoms with Crippen LogP contribution in [0.5, 0.6) is 0 Å². The Bertz CT molecular complexity index is 150. The largest absolute Gasteiger partial charge is 0.462 e. The highest BCUT2D eigenvalue weighted by Gasteiger charge is 2.39. The molecule has 0 aromatic heterocycles. The Kier molecular flexibility index (Phi) is 5.20. The summed E-state index contributed by atoms with van der Waals surface area (Å²) in [6.07, 6.45) is 0. The van der Waals surface area contributed by atoms with Gasteiger partial charge in [0.2, 0.25) is 0 Å². The molecule has 0 bridgehead atoms. The molecule has 0 saturated carbocycles. The lowest BCUT2D eigenvalue weighted by Crippen LogP contribution is -2.33. The minimum Gasteiger partial charge on any atom is -0.462 e. The maximum Gasteiger partial charge on any atom is 0.377 e. The molecule has 0 aliphatic heterocycles. The zero-order chi connectivity index (χ0) is 9.61. The Morgan fingerprint density at radius 3 is 2.50 bits per heavy atom. The normalized spacial score (nSPS) is 11.3. The fraction of sp³-hybridized carbons (Fsp3) is 0.857. The molecule has 0 radical (unpaired) electrons. The molecule has 0 aliphatic carbocycles. The van der Waals surface area contributed by atoms with Crippen LogP contribution in [-0.4, -0.2) is 30.0 Å². The number of thioether (sulfide) groups is 1.